The maximum Gasteiger partial charge on any atom is 0.143 e. The third-order valence-electron chi connectivity index (χ3n) is 6.27. The fraction of sp³-hybridized carbons (Fsp3) is 0.370. The van der Waals surface area contributed by atoms with E-state index in [1.54, 1.807) is 13.4 Å². The monoisotopic (exact) mass is 444 g/mol. The van der Waals surface area contributed by atoms with Crippen LogP contribution in [0.3, 0.4) is 0 Å². The van der Waals surface area contributed by atoms with E-state index in [0.29, 0.717) is 12.8 Å². The number of nitrogens with zero attached hydrogens (tertiary/aromatic N) is 4. The Kier molecular flexibility index (Phi) is 7.35. The number of benzene rings is 2. The minimum absolute atomic E-state index is 0.132. The van der Waals surface area contributed by atoms with Crippen LogP contribution in [0.15, 0.2) is 54.9 Å². The number of ether oxygens (including phenoxy) is 1. The highest BCUT2D eigenvalue weighted by Gasteiger charge is 2.15. The smallest absolute Gasteiger partial charge is 0.143 e. The van der Waals surface area contributed by atoms with Crippen LogP contribution in [0.25, 0.3) is 0 Å². The lowest BCUT2D eigenvalue weighted by atomic mass is 10.0. The molecule has 6 nitrogen and oxygen atoms in total. The van der Waals surface area contributed by atoms with Gasteiger partial charge in [-0.1, -0.05) is 18.2 Å². The van der Waals surface area contributed by atoms with E-state index >= 15 is 0 Å². The second kappa shape index (κ2) is 10.6. The Bertz CT molecular complexity index is 1110. The Morgan fingerprint density at radius 3 is 2.55 bits per heavy atom. The van der Waals surface area contributed by atoms with Gasteiger partial charge in [0.15, 0.2) is 0 Å². The molecule has 2 heterocycles. The van der Waals surface area contributed by atoms with E-state index in [9.17, 15) is 4.79 Å². The lowest BCUT2D eigenvalue weighted by Gasteiger charge is -2.34. The number of aryl methyl sites for hydroxylation is 1. The summed E-state index contributed by atoms with van der Waals surface area (Å²) in [5.74, 6) is 0.902. The number of Topliss-reactive ketones (excluding diaryl/α,β-unsaturated/α-hetero) is 1. The number of aromatic nitrogens is 2. The van der Waals surface area contributed by atoms with Crippen molar-refractivity contribution in [3.05, 3.63) is 82.9 Å². The maximum atomic E-state index is 12.7. The number of rotatable bonds is 8. The Hall–Kier alpha value is -3.25. The number of ketones is 1. The van der Waals surface area contributed by atoms with Crippen LogP contribution >= 0.6 is 0 Å². The van der Waals surface area contributed by atoms with Crippen LogP contribution in [-0.4, -0.2) is 61.0 Å². The number of likely N-dealkylation sites (N-methyl/N-ethyl adjacent to an activating group) is 1. The first-order valence-electron chi connectivity index (χ1n) is 11.5. The van der Waals surface area contributed by atoms with Crippen LogP contribution in [0.1, 0.15) is 28.1 Å². The van der Waals surface area contributed by atoms with E-state index in [-0.39, 0.29) is 5.78 Å². The largest absolute Gasteiger partial charge is 0.497 e. The molecular weight excluding hydrogens is 412 g/mol. The molecule has 0 atom stereocenters. The van der Waals surface area contributed by atoms with Crippen molar-refractivity contribution in [2.75, 3.05) is 45.2 Å². The molecular formula is C27H32N4O2. The van der Waals surface area contributed by atoms with Gasteiger partial charge in [0.05, 0.1) is 12.8 Å². The summed E-state index contributed by atoms with van der Waals surface area (Å²) in [6.45, 7) is 6.28. The summed E-state index contributed by atoms with van der Waals surface area (Å²) in [6.07, 6.45) is 2.96. The number of carbonyl (C=O) groups excluding carboxylic acids is 1. The highest BCUT2D eigenvalue weighted by atomic mass is 16.5. The Morgan fingerprint density at radius 2 is 1.76 bits per heavy atom. The Labute approximate surface area is 196 Å². The zero-order chi connectivity index (χ0) is 23.2. The van der Waals surface area contributed by atoms with E-state index in [0.717, 1.165) is 60.9 Å². The van der Waals surface area contributed by atoms with Crippen LogP contribution in [0, 0.1) is 6.92 Å². The average Bonchev–Trinajstić information content (AvgIpc) is 2.81. The SMILES string of the molecule is COc1ccc(C)c(CC(=O)Cc2cc(Cc3cccc(N4CCN(C)CC4)c3)ncn2)c1. The van der Waals surface area contributed by atoms with E-state index in [1.807, 2.05) is 31.2 Å². The van der Waals surface area contributed by atoms with Crippen molar-refractivity contribution in [3.8, 4) is 5.75 Å². The quantitative estimate of drug-likeness (QED) is 0.530. The van der Waals surface area contributed by atoms with Gasteiger partial charge in [-0.2, -0.15) is 0 Å². The average molecular weight is 445 g/mol. The molecule has 6 heteroatoms. The number of hydrogen-bond donors (Lipinski definition) is 0. The molecule has 1 saturated heterocycles. The van der Waals surface area contributed by atoms with Crippen molar-refractivity contribution < 1.29 is 9.53 Å². The van der Waals surface area contributed by atoms with Crippen molar-refractivity contribution >= 4 is 11.5 Å². The first-order valence-corrected chi connectivity index (χ1v) is 11.5. The van der Waals surface area contributed by atoms with Gasteiger partial charge in [0.2, 0.25) is 0 Å². The number of piperazine rings is 1. The Balaban J connectivity index is 1.40. The molecule has 0 aliphatic carbocycles. The summed E-state index contributed by atoms with van der Waals surface area (Å²) in [6, 6.07) is 16.5. The van der Waals surface area contributed by atoms with Crippen LogP contribution in [0.4, 0.5) is 5.69 Å². The molecule has 0 radical (unpaired) electrons. The molecule has 0 spiro atoms. The molecule has 2 aromatic carbocycles. The van der Waals surface area contributed by atoms with E-state index < -0.39 is 0 Å². The number of anilines is 1. The van der Waals surface area contributed by atoms with Gasteiger partial charge in [0, 0.05) is 56.8 Å². The topological polar surface area (TPSA) is 58.6 Å². The lowest BCUT2D eigenvalue weighted by Crippen LogP contribution is -2.44. The minimum Gasteiger partial charge on any atom is -0.497 e. The summed E-state index contributed by atoms with van der Waals surface area (Å²) in [7, 11) is 3.81. The van der Waals surface area contributed by atoms with Gasteiger partial charge in [-0.05, 0) is 61.0 Å². The summed E-state index contributed by atoms with van der Waals surface area (Å²) < 4.78 is 5.30. The normalized spacial score (nSPS) is 14.3. The third kappa shape index (κ3) is 6.17. The van der Waals surface area contributed by atoms with Crippen LogP contribution in [0.5, 0.6) is 5.75 Å². The van der Waals surface area contributed by atoms with Crippen molar-refractivity contribution in [1.82, 2.24) is 14.9 Å². The first kappa shape index (κ1) is 22.9. The van der Waals surface area contributed by atoms with Crippen molar-refractivity contribution in [3.63, 3.8) is 0 Å². The molecule has 0 N–H and O–H groups in total. The predicted octanol–water partition coefficient (Wildman–Crippen LogP) is 3.49. The number of carbonyl (C=O) groups is 1. The molecule has 3 aromatic rings. The Morgan fingerprint density at radius 1 is 0.970 bits per heavy atom. The summed E-state index contributed by atoms with van der Waals surface area (Å²) in [5, 5.41) is 0. The molecule has 0 unspecified atom stereocenters. The molecule has 0 amide bonds. The predicted molar refractivity (Wildman–Crippen MR) is 131 cm³/mol. The molecule has 4 rings (SSSR count). The van der Waals surface area contributed by atoms with Gasteiger partial charge in [0.25, 0.3) is 0 Å². The summed E-state index contributed by atoms with van der Waals surface area (Å²) in [5.41, 5.74) is 6.26. The van der Waals surface area contributed by atoms with E-state index in [2.05, 4.69) is 51.1 Å². The number of hydrogen-bond acceptors (Lipinski definition) is 6. The van der Waals surface area contributed by atoms with Crippen LogP contribution in [0.2, 0.25) is 0 Å². The summed E-state index contributed by atoms with van der Waals surface area (Å²) >= 11 is 0. The second-order valence-corrected chi connectivity index (χ2v) is 8.82. The first-order chi connectivity index (χ1) is 16.0. The summed E-state index contributed by atoms with van der Waals surface area (Å²) in [4.78, 5) is 26.3. The van der Waals surface area contributed by atoms with E-state index in [4.69, 9.17) is 4.74 Å². The van der Waals surface area contributed by atoms with Crippen molar-refractivity contribution in [2.45, 2.75) is 26.2 Å². The standard InChI is InChI=1S/C27H32N4O2/c1-20-7-8-27(33-3)16-22(20)15-26(32)18-24-17-23(28-19-29-24)13-21-5-4-6-25(14-21)31-11-9-30(2)10-12-31/h4-8,14,16-17,19H,9-13,15,18H2,1-3H3. The molecule has 172 valence electrons. The molecule has 33 heavy (non-hydrogen) atoms. The van der Waals surface area contributed by atoms with E-state index in [1.165, 1.54) is 11.3 Å². The molecule has 1 fully saturated rings. The third-order valence-corrected chi connectivity index (χ3v) is 6.27. The molecule has 1 aromatic heterocycles. The highest BCUT2D eigenvalue weighted by molar-refractivity contribution is 5.83. The van der Waals surface area contributed by atoms with Gasteiger partial charge >= 0.3 is 0 Å². The zero-order valence-electron chi connectivity index (χ0n) is 19.8. The fourth-order valence-corrected chi connectivity index (χ4v) is 4.22. The van der Waals surface area contributed by atoms with Gasteiger partial charge in [-0.3, -0.25) is 4.79 Å². The molecule has 1 aliphatic rings. The van der Waals surface area contributed by atoms with Gasteiger partial charge < -0.3 is 14.5 Å². The fourth-order valence-electron chi connectivity index (χ4n) is 4.22. The van der Waals surface area contributed by atoms with Gasteiger partial charge in [-0.15, -0.1) is 0 Å². The number of methoxy groups -OCH3 is 1. The van der Waals surface area contributed by atoms with Crippen molar-refractivity contribution in [2.24, 2.45) is 0 Å². The molecule has 0 saturated carbocycles. The van der Waals surface area contributed by atoms with Crippen LogP contribution < -0.4 is 9.64 Å². The van der Waals surface area contributed by atoms with Crippen LogP contribution in [-0.2, 0) is 24.1 Å². The van der Waals surface area contributed by atoms with Crippen molar-refractivity contribution in [1.29, 1.82) is 0 Å². The van der Waals surface area contributed by atoms with Gasteiger partial charge in [0.1, 0.15) is 17.9 Å². The van der Waals surface area contributed by atoms with Gasteiger partial charge in [-0.25, -0.2) is 9.97 Å². The zero-order valence-corrected chi connectivity index (χ0v) is 19.8. The second-order valence-electron chi connectivity index (χ2n) is 8.82. The minimum atomic E-state index is 0.132. The maximum absolute atomic E-state index is 12.7. The lowest BCUT2D eigenvalue weighted by molar-refractivity contribution is -0.117. The highest BCUT2D eigenvalue weighted by Crippen LogP contribution is 2.20. The molecule has 1 aliphatic heterocycles. The molecule has 0 bridgehead atoms.